The second kappa shape index (κ2) is 6.32. The smallest absolute Gasteiger partial charge is 0.162 e. The molecule has 0 aliphatic heterocycles. The molecule has 112 valence electrons. The first-order valence-corrected chi connectivity index (χ1v) is 7.78. The molecule has 2 aromatic carbocycles. The highest BCUT2D eigenvalue weighted by atomic mass is 35.5. The Morgan fingerprint density at radius 2 is 1.73 bits per heavy atom. The normalized spacial score (nSPS) is 11.1. The Hall–Kier alpha value is -2.13. The van der Waals surface area contributed by atoms with E-state index < -0.39 is 0 Å². The Labute approximate surface area is 135 Å². The Morgan fingerprint density at radius 1 is 1.00 bits per heavy atom. The molecular formula is C18H18ClN3. The van der Waals surface area contributed by atoms with Crippen molar-refractivity contribution < 1.29 is 0 Å². The standard InChI is InChI=1S/C18H18ClN3/c1-12(2)11-20-18-15-5-3-4-6-16(15)21-17(22-18)13-7-9-14(19)10-8-13/h3-10,12H,11H2,1-2H3,(H,20,21,22). The summed E-state index contributed by atoms with van der Waals surface area (Å²) < 4.78 is 0. The zero-order valence-electron chi connectivity index (χ0n) is 12.7. The van der Waals surface area contributed by atoms with Crippen molar-refractivity contribution in [3.63, 3.8) is 0 Å². The van der Waals surface area contributed by atoms with E-state index in [1.807, 2.05) is 48.5 Å². The molecule has 0 unspecified atom stereocenters. The third kappa shape index (κ3) is 3.20. The van der Waals surface area contributed by atoms with E-state index >= 15 is 0 Å². The lowest BCUT2D eigenvalue weighted by atomic mass is 10.1. The summed E-state index contributed by atoms with van der Waals surface area (Å²) in [6.07, 6.45) is 0. The molecule has 1 heterocycles. The predicted molar refractivity (Wildman–Crippen MR) is 93.3 cm³/mol. The molecule has 3 nitrogen and oxygen atoms in total. The van der Waals surface area contributed by atoms with Gasteiger partial charge in [-0.15, -0.1) is 0 Å². The molecule has 0 aliphatic rings. The van der Waals surface area contributed by atoms with Gasteiger partial charge in [-0.1, -0.05) is 37.6 Å². The first-order chi connectivity index (χ1) is 10.6. The van der Waals surface area contributed by atoms with Crippen molar-refractivity contribution >= 4 is 28.3 Å². The van der Waals surface area contributed by atoms with Gasteiger partial charge in [0.05, 0.1) is 5.52 Å². The average Bonchev–Trinajstić information content (AvgIpc) is 2.53. The highest BCUT2D eigenvalue weighted by Gasteiger charge is 2.09. The average molecular weight is 312 g/mol. The molecule has 0 saturated carbocycles. The maximum Gasteiger partial charge on any atom is 0.162 e. The Bertz CT molecular complexity index is 782. The van der Waals surface area contributed by atoms with Gasteiger partial charge in [-0.05, 0) is 42.3 Å². The van der Waals surface area contributed by atoms with Gasteiger partial charge in [-0.2, -0.15) is 0 Å². The molecule has 0 atom stereocenters. The zero-order valence-corrected chi connectivity index (χ0v) is 13.4. The number of para-hydroxylation sites is 1. The van der Waals surface area contributed by atoms with Gasteiger partial charge in [0.15, 0.2) is 5.82 Å². The summed E-state index contributed by atoms with van der Waals surface area (Å²) in [5.41, 5.74) is 1.90. The van der Waals surface area contributed by atoms with Crippen molar-refractivity contribution in [1.29, 1.82) is 0 Å². The molecule has 3 rings (SSSR count). The minimum absolute atomic E-state index is 0.549. The van der Waals surface area contributed by atoms with Crippen LogP contribution in [0.25, 0.3) is 22.3 Å². The number of nitrogens with zero attached hydrogens (tertiary/aromatic N) is 2. The summed E-state index contributed by atoms with van der Waals surface area (Å²) in [7, 11) is 0. The molecule has 0 spiro atoms. The third-order valence-electron chi connectivity index (χ3n) is 3.38. The van der Waals surface area contributed by atoms with Crippen LogP contribution in [0.5, 0.6) is 0 Å². The number of hydrogen-bond acceptors (Lipinski definition) is 3. The Kier molecular flexibility index (Phi) is 4.25. The number of halogens is 1. The van der Waals surface area contributed by atoms with E-state index in [0.29, 0.717) is 16.8 Å². The minimum atomic E-state index is 0.549. The molecule has 0 radical (unpaired) electrons. The van der Waals surface area contributed by atoms with Gasteiger partial charge >= 0.3 is 0 Å². The monoisotopic (exact) mass is 311 g/mol. The van der Waals surface area contributed by atoms with E-state index in [0.717, 1.165) is 28.8 Å². The van der Waals surface area contributed by atoms with E-state index in [1.54, 1.807) is 0 Å². The third-order valence-corrected chi connectivity index (χ3v) is 3.64. The second-order valence-corrected chi connectivity index (χ2v) is 6.13. The summed E-state index contributed by atoms with van der Waals surface area (Å²) >= 11 is 5.96. The highest BCUT2D eigenvalue weighted by molar-refractivity contribution is 6.30. The minimum Gasteiger partial charge on any atom is -0.369 e. The van der Waals surface area contributed by atoms with Crippen LogP contribution in [0.1, 0.15) is 13.8 Å². The van der Waals surface area contributed by atoms with Crippen LogP contribution in [0.15, 0.2) is 48.5 Å². The molecule has 0 saturated heterocycles. The largest absolute Gasteiger partial charge is 0.369 e. The molecule has 22 heavy (non-hydrogen) atoms. The van der Waals surface area contributed by atoms with Crippen molar-refractivity contribution in [2.45, 2.75) is 13.8 Å². The first kappa shape index (κ1) is 14.8. The number of anilines is 1. The van der Waals surface area contributed by atoms with Crippen LogP contribution in [-0.4, -0.2) is 16.5 Å². The van der Waals surface area contributed by atoms with Gasteiger partial charge in [0.1, 0.15) is 5.82 Å². The van der Waals surface area contributed by atoms with Gasteiger partial charge in [0.25, 0.3) is 0 Å². The lowest BCUT2D eigenvalue weighted by Gasteiger charge is -2.12. The van der Waals surface area contributed by atoms with Gasteiger partial charge in [-0.25, -0.2) is 9.97 Å². The lowest BCUT2D eigenvalue weighted by Crippen LogP contribution is -2.10. The van der Waals surface area contributed by atoms with Crippen molar-refractivity contribution in [3.05, 3.63) is 53.6 Å². The second-order valence-electron chi connectivity index (χ2n) is 5.69. The number of fused-ring (bicyclic) bond motifs is 1. The number of benzene rings is 2. The SMILES string of the molecule is CC(C)CNc1nc(-c2ccc(Cl)cc2)nc2ccccc12. The quantitative estimate of drug-likeness (QED) is 0.735. The number of aromatic nitrogens is 2. The Morgan fingerprint density at radius 3 is 2.45 bits per heavy atom. The van der Waals surface area contributed by atoms with Gasteiger partial charge in [0.2, 0.25) is 0 Å². The van der Waals surface area contributed by atoms with Crippen molar-refractivity contribution in [2.75, 3.05) is 11.9 Å². The van der Waals surface area contributed by atoms with Crippen LogP contribution < -0.4 is 5.32 Å². The van der Waals surface area contributed by atoms with Crippen LogP contribution in [0, 0.1) is 5.92 Å². The van der Waals surface area contributed by atoms with Crippen molar-refractivity contribution in [3.8, 4) is 11.4 Å². The summed E-state index contributed by atoms with van der Waals surface area (Å²) in [6.45, 7) is 5.23. The van der Waals surface area contributed by atoms with E-state index in [9.17, 15) is 0 Å². The number of rotatable bonds is 4. The van der Waals surface area contributed by atoms with Crippen molar-refractivity contribution in [1.82, 2.24) is 9.97 Å². The fraction of sp³-hybridized carbons (Fsp3) is 0.222. The van der Waals surface area contributed by atoms with Crippen LogP contribution in [0.3, 0.4) is 0 Å². The summed E-state index contributed by atoms with van der Waals surface area (Å²) in [6, 6.07) is 15.7. The van der Waals surface area contributed by atoms with Gasteiger partial charge in [-0.3, -0.25) is 0 Å². The fourth-order valence-electron chi connectivity index (χ4n) is 2.24. The van der Waals surface area contributed by atoms with Gasteiger partial charge < -0.3 is 5.32 Å². The molecule has 1 aromatic heterocycles. The number of nitrogens with one attached hydrogen (secondary N) is 1. The van der Waals surface area contributed by atoms with E-state index in [-0.39, 0.29) is 0 Å². The number of hydrogen-bond donors (Lipinski definition) is 1. The molecule has 4 heteroatoms. The zero-order chi connectivity index (χ0) is 15.5. The fourth-order valence-corrected chi connectivity index (χ4v) is 2.37. The topological polar surface area (TPSA) is 37.8 Å². The predicted octanol–water partition coefficient (Wildman–Crippen LogP) is 5.02. The van der Waals surface area contributed by atoms with Gasteiger partial charge in [0, 0.05) is 22.5 Å². The van der Waals surface area contributed by atoms with E-state index in [4.69, 9.17) is 16.6 Å². The molecule has 1 N–H and O–H groups in total. The summed E-state index contributed by atoms with van der Waals surface area (Å²) in [4.78, 5) is 9.38. The molecule has 0 amide bonds. The molecular weight excluding hydrogens is 294 g/mol. The first-order valence-electron chi connectivity index (χ1n) is 7.40. The molecule has 0 fully saturated rings. The van der Waals surface area contributed by atoms with Crippen LogP contribution in [0.4, 0.5) is 5.82 Å². The van der Waals surface area contributed by atoms with Crippen LogP contribution >= 0.6 is 11.6 Å². The van der Waals surface area contributed by atoms with Crippen molar-refractivity contribution in [2.24, 2.45) is 5.92 Å². The summed E-state index contributed by atoms with van der Waals surface area (Å²) in [5, 5.41) is 5.18. The molecule has 3 aromatic rings. The van der Waals surface area contributed by atoms with Crippen LogP contribution in [0.2, 0.25) is 5.02 Å². The maximum absolute atomic E-state index is 5.96. The van der Waals surface area contributed by atoms with E-state index in [1.165, 1.54) is 0 Å². The Balaban J connectivity index is 2.09. The molecule has 0 bridgehead atoms. The lowest BCUT2D eigenvalue weighted by molar-refractivity contribution is 0.687. The van der Waals surface area contributed by atoms with E-state index in [2.05, 4.69) is 24.1 Å². The highest BCUT2D eigenvalue weighted by Crippen LogP contribution is 2.25. The molecule has 0 aliphatic carbocycles. The summed E-state index contributed by atoms with van der Waals surface area (Å²) in [5.74, 6) is 2.14. The maximum atomic E-state index is 5.96. The van der Waals surface area contributed by atoms with Crippen LogP contribution in [-0.2, 0) is 0 Å².